The van der Waals surface area contributed by atoms with Crippen LogP contribution in [-0.2, 0) is 16.1 Å². The van der Waals surface area contributed by atoms with Gasteiger partial charge in [-0.2, -0.15) is 0 Å². The van der Waals surface area contributed by atoms with Gasteiger partial charge in [-0.05, 0) is 86.6 Å². The summed E-state index contributed by atoms with van der Waals surface area (Å²) in [6.07, 6.45) is 4.63. The van der Waals surface area contributed by atoms with Gasteiger partial charge in [-0.25, -0.2) is 4.39 Å². The van der Waals surface area contributed by atoms with E-state index in [1.165, 1.54) is 41.7 Å². The van der Waals surface area contributed by atoms with Crippen molar-refractivity contribution >= 4 is 5.91 Å². The molecule has 2 aliphatic rings. The Balaban J connectivity index is 1.26. The third-order valence-corrected chi connectivity index (χ3v) is 7.41. The Labute approximate surface area is 207 Å². The number of halogens is 1. The molecule has 0 saturated carbocycles. The number of hydrogen-bond donors (Lipinski definition) is 1. The smallest absolute Gasteiger partial charge is 0.223 e. The number of rotatable bonds is 11. The largest absolute Gasteiger partial charge is 0.493 e. The van der Waals surface area contributed by atoms with Crippen LogP contribution in [0.5, 0.6) is 11.5 Å². The molecule has 4 rings (SSSR count). The summed E-state index contributed by atoms with van der Waals surface area (Å²) in [5.41, 5.74) is 3.82. The fourth-order valence-electron chi connectivity index (χ4n) is 5.35. The molecule has 2 saturated heterocycles. The average Bonchev–Trinajstić information content (AvgIpc) is 3.07. The van der Waals surface area contributed by atoms with Crippen LogP contribution in [0.4, 0.5) is 4.39 Å². The van der Waals surface area contributed by atoms with E-state index in [9.17, 15) is 9.18 Å². The fourth-order valence-corrected chi connectivity index (χ4v) is 5.35. The standard InChI is InChI=1S/C28H37FN2O4/c1-19-20(2)27(35-15-14-33-3)11-4-21(19)18-31-24-7-8-25(31)17-23(16-24)30-28(32)12-13-34-26-9-5-22(29)6-10-26/h4-6,9-11,23-25H,7-8,12-18H2,1-3H3,(H,30,32). The highest BCUT2D eigenvalue weighted by Crippen LogP contribution is 2.38. The molecule has 2 bridgehead atoms. The summed E-state index contributed by atoms with van der Waals surface area (Å²) in [6, 6.07) is 11.3. The highest BCUT2D eigenvalue weighted by molar-refractivity contribution is 5.76. The number of ether oxygens (including phenoxy) is 3. The van der Waals surface area contributed by atoms with Crippen LogP contribution in [0.2, 0.25) is 0 Å². The Kier molecular flexibility index (Phi) is 8.63. The van der Waals surface area contributed by atoms with Crippen LogP contribution < -0.4 is 14.8 Å². The molecular formula is C28H37FN2O4. The van der Waals surface area contributed by atoms with E-state index in [1.54, 1.807) is 19.2 Å². The maximum Gasteiger partial charge on any atom is 0.223 e. The van der Waals surface area contributed by atoms with Crippen molar-refractivity contribution in [1.29, 1.82) is 0 Å². The first-order valence-electron chi connectivity index (χ1n) is 12.6. The lowest BCUT2D eigenvalue weighted by atomic mass is 9.95. The minimum Gasteiger partial charge on any atom is -0.493 e. The van der Waals surface area contributed by atoms with E-state index in [1.807, 2.05) is 0 Å². The molecule has 0 radical (unpaired) electrons. The number of amides is 1. The number of nitrogens with one attached hydrogen (secondary N) is 1. The number of fused-ring (bicyclic) bond motifs is 2. The predicted molar refractivity (Wildman–Crippen MR) is 133 cm³/mol. The quantitative estimate of drug-likeness (QED) is 0.474. The third-order valence-electron chi connectivity index (χ3n) is 7.41. The number of methoxy groups -OCH3 is 1. The summed E-state index contributed by atoms with van der Waals surface area (Å²) in [5, 5.41) is 3.22. The van der Waals surface area contributed by atoms with Crippen molar-refractivity contribution in [3.63, 3.8) is 0 Å². The number of carbonyl (C=O) groups is 1. The summed E-state index contributed by atoms with van der Waals surface area (Å²) in [6.45, 7) is 6.65. The Hall–Kier alpha value is -2.64. The van der Waals surface area contributed by atoms with Crippen LogP contribution in [0.1, 0.15) is 48.8 Å². The Morgan fingerprint density at radius 2 is 1.69 bits per heavy atom. The molecule has 2 atom stereocenters. The van der Waals surface area contributed by atoms with Gasteiger partial charge in [-0.1, -0.05) is 6.07 Å². The maximum absolute atomic E-state index is 13.0. The van der Waals surface area contributed by atoms with Crippen molar-refractivity contribution in [2.45, 2.75) is 70.6 Å². The lowest BCUT2D eigenvalue weighted by Gasteiger charge is -2.39. The molecule has 0 aliphatic carbocycles. The molecule has 7 heteroatoms. The summed E-state index contributed by atoms with van der Waals surface area (Å²) >= 11 is 0. The first-order valence-corrected chi connectivity index (χ1v) is 12.6. The molecular weight excluding hydrogens is 447 g/mol. The second kappa shape index (κ2) is 11.9. The number of benzene rings is 2. The first-order chi connectivity index (χ1) is 16.9. The highest BCUT2D eigenvalue weighted by atomic mass is 19.1. The first kappa shape index (κ1) is 25.5. The van der Waals surface area contributed by atoms with Crippen molar-refractivity contribution in [3.05, 3.63) is 58.9 Å². The van der Waals surface area contributed by atoms with Gasteiger partial charge < -0.3 is 19.5 Å². The molecule has 2 unspecified atom stereocenters. The molecule has 35 heavy (non-hydrogen) atoms. The molecule has 1 amide bonds. The number of carbonyl (C=O) groups excluding carboxylic acids is 1. The van der Waals surface area contributed by atoms with E-state index in [0.717, 1.165) is 25.1 Å². The molecule has 0 spiro atoms. The highest BCUT2D eigenvalue weighted by Gasteiger charge is 2.41. The van der Waals surface area contributed by atoms with Gasteiger partial charge in [0, 0.05) is 31.8 Å². The van der Waals surface area contributed by atoms with Crippen molar-refractivity contribution in [1.82, 2.24) is 10.2 Å². The normalized spacial score (nSPS) is 21.7. The van der Waals surface area contributed by atoms with Gasteiger partial charge in [0.05, 0.1) is 19.6 Å². The zero-order valence-electron chi connectivity index (χ0n) is 21.0. The van der Waals surface area contributed by atoms with Gasteiger partial charge in [0.2, 0.25) is 5.91 Å². The van der Waals surface area contributed by atoms with E-state index in [2.05, 4.69) is 36.2 Å². The van der Waals surface area contributed by atoms with Gasteiger partial charge in [-0.15, -0.1) is 0 Å². The Bertz CT molecular complexity index is 983. The average molecular weight is 485 g/mol. The van der Waals surface area contributed by atoms with Gasteiger partial charge in [0.1, 0.15) is 23.9 Å². The minimum atomic E-state index is -0.301. The van der Waals surface area contributed by atoms with E-state index >= 15 is 0 Å². The molecule has 2 aromatic rings. The van der Waals surface area contributed by atoms with Crippen LogP contribution in [-0.4, -0.2) is 55.9 Å². The molecule has 6 nitrogen and oxygen atoms in total. The minimum absolute atomic E-state index is 0.0143. The second-order valence-corrected chi connectivity index (χ2v) is 9.66. The molecule has 190 valence electrons. The van der Waals surface area contributed by atoms with Crippen molar-refractivity contribution in [2.75, 3.05) is 26.9 Å². The van der Waals surface area contributed by atoms with Gasteiger partial charge in [0.25, 0.3) is 0 Å². The summed E-state index contributed by atoms with van der Waals surface area (Å²) in [4.78, 5) is 15.1. The van der Waals surface area contributed by atoms with E-state index in [4.69, 9.17) is 14.2 Å². The fraction of sp³-hybridized carbons (Fsp3) is 0.536. The van der Waals surface area contributed by atoms with Crippen LogP contribution in [0.15, 0.2) is 36.4 Å². The predicted octanol–water partition coefficient (Wildman–Crippen LogP) is 4.55. The zero-order chi connectivity index (χ0) is 24.8. The van der Waals surface area contributed by atoms with Crippen LogP contribution in [0, 0.1) is 19.7 Å². The molecule has 2 fully saturated rings. The van der Waals surface area contributed by atoms with Crippen LogP contribution in [0.25, 0.3) is 0 Å². The summed E-state index contributed by atoms with van der Waals surface area (Å²) in [7, 11) is 1.68. The molecule has 1 N–H and O–H groups in total. The van der Waals surface area contributed by atoms with E-state index < -0.39 is 0 Å². The number of piperidine rings is 1. The van der Waals surface area contributed by atoms with Crippen molar-refractivity contribution < 1.29 is 23.4 Å². The SMILES string of the molecule is COCCOc1ccc(CN2C3CCC2CC(NC(=O)CCOc2ccc(F)cc2)C3)c(C)c1C. The molecule has 2 aliphatic heterocycles. The molecule has 2 heterocycles. The van der Waals surface area contributed by atoms with Crippen LogP contribution in [0.3, 0.4) is 0 Å². The lowest BCUT2D eigenvalue weighted by molar-refractivity contribution is -0.122. The Morgan fingerprint density at radius 3 is 2.37 bits per heavy atom. The second-order valence-electron chi connectivity index (χ2n) is 9.66. The topological polar surface area (TPSA) is 60.0 Å². The zero-order valence-corrected chi connectivity index (χ0v) is 21.0. The van der Waals surface area contributed by atoms with Crippen LogP contribution >= 0.6 is 0 Å². The monoisotopic (exact) mass is 484 g/mol. The number of nitrogens with zero attached hydrogens (tertiary/aromatic N) is 1. The van der Waals surface area contributed by atoms with Crippen molar-refractivity contribution in [3.8, 4) is 11.5 Å². The van der Waals surface area contributed by atoms with Gasteiger partial charge in [-0.3, -0.25) is 9.69 Å². The summed E-state index contributed by atoms with van der Waals surface area (Å²) < 4.78 is 29.5. The Morgan fingerprint density at radius 1 is 0.971 bits per heavy atom. The van der Waals surface area contributed by atoms with Gasteiger partial charge >= 0.3 is 0 Å². The molecule has 0 aromatic heterocycles. The van der Waals surface area contributed by atoms with E-state index in [0.29, 0.717) is 37.5 Å². The summed E-state index contributed by atoms with van der Waals surface area (Å²) in [5.74, 6) is 1.22. The lowest BCUT2D eigenvalue weighted by Crippen LogP contribution is -2.50. The van der Waals surface area contributed by atoms with Crippen molar-refractivity contribution in [2.24, 2.45) is 0 Å². The third kappa shape index (κ3) is 6.53. The van der Waals surface area contributed by atoms with E-state index in [-0.39, 0.29) is 24.4 Å². The molecule has 2 aromatic carbocycles. The maximum atomic E-state index is 13.0. The number of hydrogen-bond acceptors (Lipinski definition) is 5. The van der Waals surface area contributed by atoms with Gasteiger partial charge in [0.15, 0.2) is 0 Å².